The highest BCUT2D eigenvalue weighted by Gasteiger charge is 2.17. The Morgan fingerprint density at radius 2 is 1.81 bits per heavy atom. The van der Waals surface area contributed by atoms with E-state index >= 15 is 0 Å². The van der Waals surface area contributed by atoms with Crippen LogP contribution in [0, 0.1) is 0 Å². The number of hydrogen-bond acceptors (Lipinski definition) is 6. The number of H-pyrrole nitrogens is 1. The number of nitrogens with one attached hydrogen (secondary N) is 3. The number of aromatic amines is 1. The zero-order valence-electron chi connectivity index (χ0n) is 14.0. The van der Waals surface area contributed by atoms with Crippen LogP contribution in [0.4, 0.5) is 11.4 Å². The molecule has 2 aromatic heterocycles. The minimum Gasteiger partial charge on any atom is -0.326 e. The van der Waals surface area contributed by atoms with Crippen LogP contribution in [0.5, 0.6) is 0 Å². The molecule has 0 fully saturated rings. The van der Waals surface area contributed by atoms with Crippen LogP contribution in [-0.2, 0) is 9.59 Å². The number of thioether (sulfide) groups is 1. The summed E-state index contributed by atoms with van der Waals surface area (Å²) in [5.74, 6) is -0.368. The zero-order chi connectivity index (χ0) is 18.7. The van der Waals surface area contributed by atoms with Crippen molar-refractivity contribution in [3.63, 3.8) is 0 Å². The van der Waals surface area contributed by atoms with Gasteiger partial charge in [0.2, 0.25) is 11.8 Å². The fourth-order valence-corrected chi connectivity index (χ4v) is 3.83. The summed E-state index contributed by atoms with van der Waals surface area (Å²) in [6.07, 6.45) is 0. The molecule has 3 N–H and O–H groups in total. The number of nitrogens with zero attached hydrogens (tertiary/aromatic N) is 1. The van der Waals surface area contributed by atoms with Crippen molar-refractivity contribution in [2.75, 3.05) is 10.6 Å². The van der Waals surface area contributed by atoms with E-state index in [9.17, 15) is 14.4 Å². The number of anilines is 2. The Kier molecular flexibility index (Phi) is 5.38. The van der Waals surface area contributed by atoms with Crippen LogP contribution in [0.2, 0.25) is 0 Å². The smallest absolute Gasteiger partial charge is 0.260 e. The molecule has 0 bridgehead atoms. The van der Waals surface area contributed by atoms with Gasteiger partial charge in [0.05, 0.1) is 10.6 Å². The van der Waals surface area contributed by atoms with Gasteiger partial charge in [-0.2, -0.15) is 0 Å². The fraction of sp³-hybridized carbons (Fsp3) is 0.176. The van der Waals surface area contributed by atoms with Gasteiger partial charge in [-0.3, -0.25) is 14.4 Å². The molecule has 0 aliphatic rings. The molecule has 3 aromatic rings. The Morgan fingerprint density at radius 1 is 1.15 bits per heavy atom. The highest BCUT2D eigenvalue weighted by Crippen LogP contribution is 2.23. The van der Waals surface area contributed by atoms with E-state index in [2.05, 4.69) is 20.6 Å². The number of thiophene rings is 1. The molecule has 1 unspecified atom stereocenters. The van der Waals surface area contributed by atoms with E-state index in [0.29, 0.717) is 26.7 Å². The van der Waals surface area contributed by atoms with Crippen LogP contribution >= 0.6 is 23.1 Å². The molecule has 134 valence electrons. The maximum atomic E-state index is 12.4. The lowest BCUT2D eigenvalue weighted by atomic mass is 10.2. The summed E-state index contributed by atoms with van der Waals surface area (Å²) in [6.45, 7) is 3.17. The third-order valence-corrected chi connectivity index (χ3v) is 5.23. The Balaban J connectivity index is 1.65. The Labute approximate surface area is 157 Å². The van der Waals surface area contributed by atoms with Crippen LogP contribution < -0.4 is 16.2 Å². The van der Waals surface area contributed by atoms with Gasteiger partial charge in [0.25, 0.3) is 5.56 Å². The first-order valence-electron chi connectivity index (χ1n) is 7.75. The van der Waals surface area contributed by atoms with Crippen molar-refractivity contribution in [3.8, 4) is 0 Å². The lowest BCUT2D eigenvalue weighted by Crippen LogP contribution is -2.23. The van der Waals surface area contributed by atoms with Crippen molar-refractivity contribution in [2.24, 2.45) is 0 Å². The molecule has 0 aliphatic heterocycles. The van der Waals surface area contributed by atoms with E-state index in [0.717, 1.165) is 0 Å². The molecule has 26 heavy (non-hydrogen) atoms. The third-order valence-electron chi connectivity index (χ3n) is 3.44. The quantitative estimate of drug-likeness (QED) is 0.460. The van der Waals surface area contributed by atoms with Crippen LogP contribution in [0.1, 0.15) is 13.8 Å². The van der Waals surface area contributed by atoms with Crippen molar-refractivity contribution in [2.45, 2.75) is 24.3 Å². The largest absolute Gasteiger partial charge is 0.326 e. The maximum Gasteiger partial charge on any atom is 0.260 e. The third kappa shape index (κ3) is 4.30. The average Bonchev–Trinajstić information content (AvgIpc) is 3.05. The van der Waals surface area contributed by atoms with E-state index in [-0.39, 0.29) is 17.4 Å². The molecule has 0 saturated heterocycles. The van der Waals surface area contributed by atoms with Gasteiger partial charge < -0.3 is 15.6 Å². The molecule has 2 heterocycles. The number of carbonyl (C=O) groups excluding carboxylic acids is 2. The maximum absolute atomic E-state index is 12.4. The number of aromatic nitrogens is 2. The van der Waals surface area contributed by atoms with E-state index in [1.54, 1.807) is 37.3 Å². The van der Waals surface area contributed by atoms with Crippen molar-refractivity contribution < 1.29 is 9.59 Å². The van der Waals surface area contributed by atoms with Crippen LogP contribution in [0.3, 0.4) is 0 Å². The molecule has 1 atom stereocenters. The minimum absolute atomic E-state index is 0.156. The summed E-state index contributed by atoms with van der Waals surface area (Å²) in [5.41, 5.74) is 1.07. The molecule has 0 aliphatic carbocycles. The normalized spacial score (nSPS) is 11.9. The monoisotopic (exact) mass is 388 g/mol. The van der Waals surface area contributed by atoms with Crippen molar-refractivity contribution in [1.82, 2.24) is 9.97 Å². The molecule has 0 spiro atoms. The summed E-state index contributed by atoms with van der Waals surface area (Å²) in [7, 11) is 0. The summed E-state index contributed by atoms with van der Waals surface area (Å²) in [6, 6.07) is 8.55. The predicted octanol–water partition coefficient (Wildman–Crippen LogP) is 3.06. The zero-order valence-corrected chi connectivity index (χ0v) is 15.7. The number of fused-ring (bicyclic) bond motifs is 1. The van der Waals surface area contributed by atoms with E-state index in [1.807, 2.05) is 5.38 Å². The SMILES string of the molecule is CC(=O)Nc1ccc(NC(=O)C(C)Sc2nc3sccc3c(=O)[nH]2)cc1. The molecule has 9 heteroatoms. The summed E-state index contributed by atoms with van der Waals surface area (Å²) in [4.78, 5) is 43.1. The van der Waals surface area contributed by atoms with Gasteiger partial charge in [-0.05, 0) is 42.6 Å². The summed E-state index contributed by atoms with van der Waals surface area (Å²) >= 11 is 2.57. The number of carbonyl (C=O) groups is 2. The first-order chi connectivity index (χ1) is 12.4. The van der Waals surface area contributed by atoms with Gasteiger partial charge in [-0.25, -0.2) is 4.98 Å². The lowest BCUT2D eigenvalue weighted by molar-refractivity contribution is -0.115. The molecular weight excluding hydrogens is 372 g/mol. The number of benzene rings is 1. The minimum atomic E-state index is -0.453. The summed E-state index contributed by atoms with van der Waals surface area (Å²) < 4.78 is 0. The number of hydrogen-bond donors (Lipinski definition) is 3. The van der Waals surface area contributed by atoms with Gasteiger partial charge in [-0.15, -0.1) is 11.3 Å². The van der Waals surface area contributed by atoms with Crippen molar-refractivity contribution in [3.05, 3.63) is 46.1 Å². The molecule has 3 rings (SSSR count). The van der Waals surface area contributed by atoms with Gasteiger partial charge in [0.15, 0.2) is 5.16 Å². The van der Waals surface area contributed by atoms with Crippen LogP contribution in [0.25, 0.3) is 10.2 Å². The Morgan fingerprint density at radius 3 is 2.46 bits per heavy atom. The fourth-order valence-electron chi connectivity index (χ4n) is 2.21. The van der Waals surface area contributed by atoms with Crippen molar-refractivity contribution in [1.29, 1.82) is 0 Å². The first kappa shape index (κ1) is 18.2. The molecule has 1 aromatic carbocycles. The van der Waals surface area contributed by atoms with E-state index in [4.69, 9.17) is 0 Å². The second kappa shape index (κ2) is 7.71. The summed E-state index contributed by atoms with van der Waals surface area (Å²) in [5, 5.41) is 7.78. The number of amides is 2. The topological polar surface area (TPSA) is 104 Å². The van der Waals surface area contributed by atoms with Gasteiger partial charge in [0, 0.05) is 18.3 Å². The van der Waals surface area contributed by atoms with Crippen LogP contribution in [-0.4, -0.2) is 27.0 Å². The molecular formula is C17H16N4O3S2. The van der Waals surface area contributed by atoms with Crippen LogP contribution in [0.15, 0.2) is 45.7 Å². The second-order valence-electron chi connectivity index (χ2n) is 5.52. The molecule has 7 nitrogen and oxygen atoms in total. The second-order valence-corrected chi connectivity index (χ2v) is 7.74. The van der Waals surface area contributed by atoms with Gasteiger partial charge in [0.1, 0.15) is 4.83 Å². The van der Waals surface area contributed by atoms with E-state index in [1.165, 1.54) is 30.0 Å². The van der Waals surface area contributed by atoms with Gasteiger partial charge >= 0.3 is 0 Å². The highest BCUT2D eigenvalue weighted by molar-refractivity contribution is 8.00. The Bertz CT molecular complexity index is 1010. The van der Waals surface area contributed by atoms with E-state index < -0.39 is 5.25 Å². The first-order valence-corrected chi connectivity index (χ1v) is 9.51. The molecule has 0 saturated carbocycles. The van der Waals surface area contributed by atoms with Gasteiger partial charge in [-0.1, -0.05) is 11.8 Å². The standard InChI is InChI=1S/C17H16N4O3S2/c1-9(26-17-20-15(24)13-7-8-25-16(13)21-17)14(23)19-12-5-3-11(4-6-12)18-10(2)22/h3-9H,1-2H3,(H,18,22)(H,19,23)(H,20,21,24). The number of rotatable bonds is 5. The molecule has 0 radical (unpaired) electrons. The average molecular weight is 388 g/mol. The van der Waals surface area contributed by atoms with Crippen molar-refractivity contribution >= 4 is 56.5 Å². The predicted molar refractivity (Wildman–Crippen MR) is 105 cm³/mol. The Hall–Kier alpha value is -2.65. The highest BCUT2D eigenvalue weighted by atomic mass is 32.2. The lowest BCUT2D eigenvalue weighted by Gasteiger charge is -2.12. The molecule has 2 amide bonds.